The van der Waals surface area contributed by atoms with E-state index in [0.29, 0.717) is 40.5 Å². The van der Waals surface area contributed by atoms with Crippen LogP contribution in [0.2, 0.25) is 0 Å². The summed E-state index contributed by atoms with van der Waals surface area (Å²) in [5, 5.41) is 6.73. The summed E-state index contributed by atoms with van der Waals surface area (Å²) in [5.74, 6) is 0.457. The summed E-state index contributed by atoms with van der Waals surface area (Å²) in [5.41, 5.74) is 2.88. The Morgan fingerprint density at radius 2 is 1.62 bits per heavy atom. The van der Waals surface area contributed by atoms with E-state index in [1.807, 2.05) is 48.5 Å². The smallest absolute Gasteiger partial charge is 0.262 e. The lowest BCUT2D eigenvalue weighted by atomic mass is 10.1. The van der Waals surface area contributed by atoms with Crippen LogP contribution < -0.4 is 16.2 Å². The molecule has 3 aromatic carbocycles. The molecule has 0 bridgehead atoms. The van der Waals surface area contributed by atoms with Gasteiger partial charge < -0.3 is 15.1 Å². The van der Waals surface area contributed by atoms with Crippen LogP contribution in [0.5, 0.6) is 0 Å². The molecule has 0 aliphatic rings. The van der Waals surface area contributed by atoms with Crippen molar-refractivity contribution in [2.24, 2.45) is 0 Å². The van der Waals surface area contributed by atoms with Gasteiger partial charge in [0.2, 0.25) is 5.91 Å². The fourth-order valence-corrected chi connectivity index (χ4v) is 5.02. The van der Waals surface area contributed by atoms with Gasteiger partial charge in [0.15, 0.2) is 5.16 Å². The summed E-state index contributed by atoms with van der Waals surface area (Å²) in [6, 6.07) is 27.8. The molecule has 0 aliphatic heterocycles. The number of benzene rings is 3. The summed E-state index contributed by atoms with van der Waals surface area (Å²) in [6.45, 7) is 1.08. The van der Waals surface area contributed by atoms with Crippen LogP contribution in [0.1, 0.15) is 27.2 Å². The first-order valence-electron chi connectivity index (χ1n) is 12.9. The predicted molar refractivity (Wildman–Crippen MR) is 155 cm³/mol. The number of para-hydroxylation sites is 1. The first-order chi connectivity index (χ1) is 19.6. The first kappa shape index (κ1) is 27.0. The molecule has 2 heterocycles. The monoisotopic (exact) mass is 552 g/mol. The third-order valence-electron chi connectivity index (χ3n) is 6.30. The minimum absolute atomic E-state index is 0.125. The number of thioether (sulfide) groups is 1. The van der Waals surface area contributed by atoms with Gasteiger partial charge in [0.05, 0.1) is 36.0 Å². The first-order valence-corrected chi connectivity index (χ1v) is 13.9. The van der Waals surface area contributed by atoms with E-state index < -0.39 is 0 Å². The van der Waals surface area contributed by atoms with Crippen molar-refractivity contribution < 1.29 is 14.0 Å². The van der Waals surface area contributed by atoms with Crippen LogP contribution in [-0.2, 0) is 24.3 Å². The number of aromatic nitrogens is 2. The molecular formula is C31H28N4O4S. The molecule has 2 aromatic heterocycles. The third kappa shape index (κ3) is 6.86. The van der Waals surface area contributed by atoms with Crippen molar-refractivity contribution >= 4 is 34.5 Å². The van der Waals surface area contributed by atoms with Gasteiger partial charge in [-0.05, 0) is 53.9 Å². The Bertz CT molecular complexity index is 1650. The van der Waals surface area contributed by atoms with Crippen molar-refractivity contribution in [1.29, 1.82) is 0 Å². The van der Waals surface area contributed by atoms with Gasteiger partial charge in [-0.15, -0.1) is 0 Å². The highest BCUT2D eigenvalue weighted by Crippen LogP contribution is 2.19. The van der Waals surface area contributed by atoms with E-state index in [0.717, 1.165) is 17.5 Å². The maximum atomic E-state index is 13.4. The van der Waals surface area contributed by atoms with Crippen molar-refractivity contribution in [2.75, 3.05) is 12.3 Å². The fourth-order valence-electron chi connectivity index (χ4n) is 4.20. The predicted octanol–water partition coefficient (Wildman–Crippen LogP) is 4.42. The molecule has 40 heavy (non-hydrogen) atoms. The van der Waals surface area contributed by atoms with Gasteiger partial charge in [0.25, 0.3) is 11.5 Å². The van der Waals surface area contributed by atoms with Crippen LogP contribution in [0.3, 0.4) is 0 Å². The second kappa shape index (κ2) is 12.9. The topological polar surface area (TPSA) is 106 Å². The molecule has 0 aliphatic carbocycles. The Morgan fingerprint density at radius 3 is 2.40 bits per heavy atom. The van der Waals surface area contributed by atoms with E-state index in [4.69, 9.17) is 9.40 Å². The number of rotatable bonds is 11. The van der Waals surface area contributed by atoms with E-state index in [-0.39, 0.29) is 29.7 Å². The standard InChI is InChI=1S/C31H28N4O4S/c36-28(32-17-16-22-7-2-1-3-8-22)21-40-31-34-27-11-5-4-10-26(27)30(38)35(31)20-23-12-14-24(15-13-23)29(37)33-19-25-9-6-18-39-25/h1-15,18H,16-17,19-21H2,(H,32,36)(H,33,37). The lowest BCUT2D eigenvalue weighted by molar-refractivity contribution is -0.118. The van der Waals surface area contributed by atoms with E-state index in [2.05, 4.69) is 10.6 Å². The highest BCUT2D eigenvalue weighted by Gasteiger charge is 2.14. The van der Waals surface area contributed by atoms with E-state index in [9.17, 15) is 14.4 Å². The number of hydrogen-bond donors (Lipinski definition) is 2. The maximum Gasteiger partial charge on any atom is 0.262 e. The number of hydrogen-bond acceptors (Lipinski definition) is 6. The number of amides is 2. The highest BCUT2D eigenvalue weighted by molar-refractivity contribution is 7.99. The van der Waals surface area contributed by atoms with Crippen molar-refractivity contribution in [1.82, 2.24) is 20.2 Å². The SMILES string of the molecule is O=C(CSc1nc2ccccc2c(=O)n1Cc1ccc(C(=O)NCc2ccco2)cc1)NCCc1ccccc1. The molecule has 0 atom stereocenters. The zero-order valence-electron chi connectivity index (χ0n) is 21.7. The molecule has 5 aromatic rings. The van der Waals surface area contributed by atoms with Gasteiger partial charge in [-0.2, -0.15) is 0 Å². The van der Waals surface area contributed by atoms with Crippen molar-refractivity contribution in [3.63, 3.8) is 0 Å². The van der Waals surface area contributed by atoms with Gasteiger partial charge in [-0.1, -0.05) is 66.4 Å². The maximum absolute atomic E-state index is 13.4. The molecule has 0 spiro atoms. The normalized spacial score (nSPS) is 10.9. The number of nitrogens with zero attached hydrogens (tertiary/aromatic N) is 2. The summed E-state index contributed by atoms with van der Waals surface area (Å²) in [6.07, 6.45) is 2.30. The van der Waals surface area contributed by atoms with Gasteiger partial charge >= 0.3 is 0 Å². The minimum Gasteiger partial charge on any atom is -0.467 e. The van der Waals surface area contributed by atoms with Gasteiger partial charge in [-0.25, -0.2) is 4.98 Å². The highest BCUT2D eigenvalue weighted by atomic mass is 32.2. The van der Waals surface area contributed by atoms with E-state index in [1.165, 1.54) is 11.8 Å². The second-order valence-electron chi connectivity index (χ2n) is 9.14. The van der Waals surface area contributed by atoms with Crippen LogP contribution in [-0.4, -0.2) is 33.7 Å². The fraction of sp³-hybridized carbons (Fsp3) is 0.161. The molecule has 202 valence electrons. The van der Waals surface area contributed by atoms with E-state index >= 15 is 0 Å². The molecule has 2 amide bonds. The molecule has 0 saturated heterocycles. The zero-order chi connectivity index (χ0) is 27.7. The van der Waals surface area contributed by atoms with Gasteiger partial charge in [0.1, 0.15) is 5.76 Å². The molecule has 8 nitrogen and oxygen atoms in total. The van der Waals surface area contributed by atoms with Crippen LogP contribution >= 0.6 is 11.8 Å². The average Bonchev–Trinajstić information content (AvgIpc) is 3.51. The minimum atomic E-state index is -0.220. The number of carbonyl (C=O) groups excluding carboxylic acids is 2. The Labute approximate surface area is 235 Å². The van der Waals surface area contributed by atoms with E-state index in [1.54, 1.807) is 53.3 Å². The van der Waals surface area contributed by atoms with Gasteiger partial charge in [-0.3, -0.25) is 19.0 Å². The molecule has 0 unspecified atom stereocenters. The Balaban J connectivity index is 1.27. The molecule has 5 rings (SSSR count). The summed E-state index contributed by atoms with van der Waals surface area (Å²) < 4.78 is 6.83. The largest absolute Gasteiger partial charge is 0.467 e. The number of carbonyl (C=O) groups is 2. The molecule has 0 saturated carbocycles. The lowest BCUT2D eigenvalue weighted by Crippen LogP contribution is -2.28. The Kier molecular flexibility index (Phi) is 8.73. The van der Waals surface area contributed by atoms with Crippen LogP contribution in [0, 0.1) is 0 Å². The Morgan fingerprint density at radius 1 is 0.850 bits per heavy atom. The molecule has 0 radical (unpaired) electrons. The van der Waals surface area contributed by atoms with Gasteiger partial charge in [0, 0.05) is 12.1 Å². The number of fused-ring (bicyclic) bond motifs is 1. The number of nitrogens with one attached hydrogen (secondary N) is 2. The van der Waals surface area contributed by atoms with Crippen molar-refractivity contribution in [2.45, 2.75) is 24.7 Å². The average molecular weight is 553 g/mol. The molecule has 2 N–H and O–H groups in total. The molecule has 9 heteroatoms. The number of furan rings is 1. The molecular weight excluding hydrogens is 524 g/mol. The van der Waals surface area contributed by atoms with Crippen molar-refractivity contribution in [3.8, 4) is 0 Å². The quantitative estimate of drug-likeness (QED) is 0.186. The summed E-state index contributed by atoms with van der Waals surface area (Å²) in [4.78, 5) is 43.2. The summed E-state index contributed by atoms with van der Waals surface area (Å²) >= 11 is 1.23. The van der Waals surface area contributed by atoms with Crippen LogP contribution in [0.15, 0.2) is 112 Å². The summed E-state index contributed by atoms with van der Waals surface area (Å²) in [7, 11) is 0. The second-order valence-corrected chi connectivity index (χ2v) is 10.1. The Hall–Kier alpha value is -4.63. The molecule has 0 fully saturated rings. The van der Waals surface area contributed by atoms with Crippen LogP contribution in [0.4, 0.5) is 0 Å². The lowest BCUT2D eigenvalue weighted by Gasteiger charge is -2.14. The van der Waals surface area contributed by atoms with Crippen molar-refractivity contribution in [3.05, 3.63) is 130 Å². The third-order valence-corrected chi connectivity index (χ3v) is 7.27. The zero-order valence-corrected chi connectivity index (χ0v) is 22.5. The van der Waals surface area contributed by atoms with Crippen LogP contribution in [0.25, 0.3) is 10.9 Å².